The number of rotatable bonds is 6. The van der Waals surface area contributed by atoms with Crippen LogP contribution >= 0.6 is 0 Å². The van der Waals surface area contributed by atoms with Crippen molar-refractivity contribution in [3.8, 4) is 0 Å². The Morgan fingerprint density at radius 1 is 1.50 bits per heavy atom. The number of carbonyl (C=O) groups excluding carboxylic acids is 1. The molecule has 1 aliphatic rings. The average molecular weight is 280 g/mol. The normalized spacial score (nSPS) is 17.9. The standard InChI is InChI=1S/C14H24N4O2/c1-10(12-3-6-15-7-4-12)9-13(19)16-8-5-14-17-11(2)18-20-14/h10,12,15H,3-9H2,1-2H3,(H,16,19). The van der Waals surface area contributed by atoms with Gasteiger partial charge in [-0.3, -0.25) is 4.79 Å². The number of carbonyl (C=O) groups is 1. The second-order valence-corrected chi connectivity index (χ2v) is 5.60. The lowest BCUT2D eigenvalue weighted by molar-refractivity contribution is -0.122. The zero-order valence-corrected chi connectivity index (χ0v) is 12.3. The lowest BCUT2D eigenvalue weighted by atomic mass is 9.84. The molecular formula is C14H24N4O2. The molecule has 1 saturated heterocycles. The second-order valence-electron chi connectivity index (χ2n) is 5.60. The summed E-state index contributed by atoms with van der Waals surface area (Å²) in [6.45, 7) is 6.67. The fourth-order valence-corrected chi connectivity index (χ4v) is 2.69. The highest BCUT2D eigenvalue weighted by Crippen LogP contribution is 2.23. The van der Waals surface area contributed by atoms with Crippen molar-refractivity contribution in [2.24, 2.45) is 11.8 Å². The number of amides is 1. The summed E-state index contributed by atoms with van der Waals surface area (Å²) in [6, 6.07) is 0. The molecule has 0 aromatic carbocycles. The van der Waals surface area contributed by atoms with E-state index in [9.17, 15) is 4.79 Å². The number of piperidine rings is 1. The summed E-state index contributed by atoms with van der Waals surface area (Å²) < 4.78 is 5.00. The molecule has 1 aromatic heterocycles. The molecule has 2 N–H and O–H groups in total. The van der Waals surface area contributed by atoms with Gasteiger partial charge in [0.25, 0.3) is 0 Å². The van der Waals surface area contributed by atoms with Gasteiger partial charge < -0.3 is 15.2 Å². The Hall–Kier alpha value is -1.43. The maximum atomic E-state index is 11.9. The van der Waals surface area contributed by atoms with Crippen LogP contribution < -0.4 is 10.6 Å². The van der Waals surface area contributed by atoms with Crippen LogP contribution in [0.15, 0.2) is 4.52 Å². The molecule has 1 aromatic rings. The minimum Gasteiger partial charge on any atom is -0.356 e. The lowest BCUT2D eigenvalue weighted by Gasteiger charge is -2.27. The maximum Gasteiger partial charge on any atom is 0.228 e. The minimum atomic E-state index is 0.118. The minimum absolute atomic E-state index is 0.118. The van der Waals surface area contributed by atoms with Crippen molar-refractivity contribution in [2.45, 2.75) is 39.5 Å². The van der Waals surface area contributed by atoms with Crippen molar-refractivity contribution < 1.29 is 9.32 Å². The Bertz CT molecular complexity index is 427. The SMILES string of the molecule is Cc1noc(CCNC(=O)CC(C)C2CCNCC2)n1. The van der Waals surface area contributed by atoms with E-state index in [1.165, 1.54) is 12.8 Å². The first-order valence-electron chi connectivity index (χ1n) is 7.41. The number of aromatic nitrogens is 2. The topological polar surface area (TPSA) is 80.0 Å². The summed E-state index contributed by atoms with van der Waals surface area (Å²) in [4.78, 5) is 16.0. The number of hydrogen-bond acceptors (Lipinski definition) is 5. The molecule has 1 fully saturated rings. The monoisotopic (exact) mass is 280 g/mol. The Morgan fingerprint density at radius 2 is 2.25 bits per heavy atom. The molecule has 1 unspecified atom stereocenters. The third kappa shape index (κ3) is 4.59. The van der Waals surface area contributed by atoms with E-state index in [1.54, 1.807) is 6.92 Å². The highest BCUT2D eigenvalue weighted by Gasteiger charge is 2.21. The van der Waals surface area contributed by atoms with Crippen LogP contribution in [0, 0.1) is 18.8 Å². The molecule has 0 spiro atoms. The summed E-state index contributed by atoms with van der Waals surface area (Å²) in [5, 5.41) is 10.0. The first-order valence-corrected chi connectivity index (χ1v) is 7.41. The van der Waals surface area contributed by atoms with Crippen molar-refractivity contribution in [3.63, 3.8) is 0 Å². The maximum absolute atomic E-state index is 11.9. The summed E-state index contributed by atoms with van der Waals surface area (Å²) in [7, 11) is 0. The molecule has 0 aliphatic carbocycles. The lowest BCUT2D eigenvalue weighted by Crippen LogP contribution is -2.34. The van der Waals surface area contributed by atoms with Crippen LogP contribution in [0.25, 0.3) is 0 Å². The molecule has 0 radical (unpaired) electrons. The zero-order valence-electron chi connectivity index (χ0n) is 12.3. The largest absolute Gasteiger partial charge is 0.356 e. The van der Waals surface area contributed by atoms with E-state index in [0.29, 0.717) is 42.9 Å². The molecule has 2 heterocycles. The van der Waals surface area contributed by atoms with Crippen molar-refractivity contribution in [1.82, 2.24) is 20.8 Å². The molecule has 20 heavy (non-hydrogen) atoms. The Labute approximate surface area is 119 Å². The Kier molecular flexibility index (Phi) is 5.52. The molecular weight excluding hydrogens is 256 g/mol. The summed E-state index contributed by atoms with van der Waals surface area (Å²) in [6.07, 6.45) is 3.55. The van der Waals surface area contributed by atoms with Crippen LogP contribution in [-0.2, 0) is 11.2 Å². The van der Waals surface area contributed by atoms with Gasteiger partial charge in [-0.2, -0.15) is 4.98 Å². The smallest absolute Gasteiger partial charge is 0.228 e. The predicted octanol–water partition coefficient (Wildman–Crippen LogP) is 1.06. The van der Waals surface area contributed by atoms with Crippen LogP contribution in [0.3, 0.4) is 0 Å². The van der Waals surface area contributed by atoms with Gasteiger partial charge in [0.1, 0.15) is 0 Å². The first-order chi connectivity index (χ1) is 9.65. The first kappa shape index (κ1) is 15.0. The summed E-state index contributed by atoms with van der Waals surface area (Å²) in [5.74, 6) is 2.44. The van der Waals surface area contributed by atoms with Crippen LogP contribution in [0.2, 0.25) is 0 Å². The van der Waals surface area contributed by atoms with Crippen molar-refractivity contribution >= 4 is 5.91 Å². The summed E-state index contributed by atoms with van der Waals surface area (Å²) >= 11 is 0. The fraction of sp³-hybridized carbons (Fsp3) is 0.786. The Balaban J connectivity index is 1.64. The number of aryl methyl sites for hydroxylation is 1. The van der Waals surface area contributed by atoms with E-state index in [4.69, 9.17) is 4.52 Å². The van der Waals surface area contributed by atoms with Crippen molar-refractivity contribution in [2.75, 3.05) is 19.6 Å². The molecule has 6 nitrogen and oxygen atoms in total. The predicted molar refractivity (Wildman–Crippen MR) is 75.1 cm³/mol. The van der Waals surface area contributed by atoms with Gasteiger partial charge in [0.05, 0.1) is 0 Å². The number of hydrogen-bond donors (Lipinski definition) is 2. The van der Waals surface area contributed by atoms with Gasteiger partial charge in [-0.1, -0.05) is 12.1 Å². The van der Waals surface area contributed by atoms with E-state index in [0.717, 1.165) is 13.1 Å². The van der Waals surface area contributed by atoms with Gasteiger partial charge in [-0.05, 0) is 44.7 Å². The van der Waals surface area contributed by atoms with Crippen LogP contribution in [0.5, 0.6) is 0 Å². The quantitative estimate of drug-likeness (QED) is 0.814. The zero-order chi connectivity index (χ0) is 14.4. The molecule has 0 bridgehead atoms. The third-order valence-corrected chi connectivity index (χ3v) is 3.93. The molecule has 6 heteroatoms. The van der Waals surface area contributed by atoms with Gasteiger partial charge in [0.2, 0.25) is 11.8 Å². The van der Waals surface area contributed by atoms with Gasteiger partial charge >= 0.3 is 0 Å². The van der Waals surface area contributed by atoms with Gasteiger partial charge in [0.15, 0.2) is 5.82 Å². The third-order valence-electron chi connectivity index (χ3n) is 3.93. The van der Waals surface area contributed by atoms with E-state index < -0.39 is 0 Å². The Morgan fingerprint density at radius 3 is 2.90 bits per heavy atom. The molecule has 1 amide bonds. The van der Waals surface area contributed by atoms with E-state index in [-0.39, 0.29) is 5.91 Å². The second kappa shape index (κ2) is 7.38. The number of nitrogens with zero attached hydrogens (tertiary/aromatic N) is 2. The van der Waals surface area contributed by atoms with E-state index in [2.05, 4.69) is 27.7 Å². The molecule has 1 atom stereocenters. The fourth-order valence-electron chi connectivity index (χ4n) is 2.69. The van der Waals surface area contributed by atoms with Crippen LogP contribution in [-0.4, -0.2) is 35.7 Å². The van der Waals surface area contributed by atoms with Crippen LogP contribution in [0.4, 0.5) is 0 Å². The summed E-state index contributed by atoms with van der Waals surface area (Å²) in [5.41, 5.74) is 0. The highest BCUT2D eigenvalue weighted by molar-refractivity contribution is 5.76. The molecule has 0 saturated carbocycles. The van der Waals surface area contributed by atoms with E-state index in [1.807, 2.05) is 0 Å². The van der Waals surface area contributed by atoms with Crippen LogP contribution in [0.1, 0.15) is 37.9 Å². The average Bonchev–Trinajstić information content (AvgIpc) is 2.85. The highest BCUT2D eigenvalue weighted by atomic mass is 16.5. The molecule has 112 valence electrons. The van der Waals surface area contributed by atoms with Crippen molar-refractivity contribution in [1.29, 1.82) is 0 Å². The molecule has 2 rings (SSSR count). The van der Waals surface area contributed by atoms with Gasteiger partial charge in [-0.15, -0.1) is 0 Å². The van der Waals surface area contributed by atoms with E-state index >= 15 is 0 Å². The van der Waals surface area contributed by atoms with Gasteiger partial charge in [-0.25, -0.2) is 0 Å². The number of nitrogens with one attached hydrogen (secondary N) is 2. The van der Waals surface area contributed by atoms with Crippen molar-refractivity contribution in [3.05, 3.63) is 11.7 Å². The van der Waals surface area contributed by atoms with Gasteiger partial charge in [0, 0.05) is 19.4 Å². The molecule has 1 aliphatic heterocycles.